The average Bonchev–Trinajstić information content (AvgIpc) is 3.05. The number of aromatic nitrogens is 2. The summed E-state index contributed by atoms with van der Waals surface area (Å²) in [4.78, 5) is 25.3. The molecule has 1 aliphatic rings. The van der Waals surface area contributed by atoms with Crippen molar-refractivity contribution < 1.29 is 9.53 Å². The van der Waals surface area contributed by atoms with Gasteiger partial charge in [0.15, 0.2) is 0 Å². The number of benzene rings is 1. The van der Waals surface area contributed by atoms with E-state index < -0.39 is 0 Å². The van der Waals surface area contributed by atoms with Crippen molar-refractivity contribution in [3.8, 4) is 0 Å². The highest BCUT2D eigenvalue weighted by Gasteiger charge is 2.22. The highest BCUT2D eigenvalue weighted by molar-refractivity contribution is 7.20. The minimum Gasteiger partial charge on any atom is -0.378 e. The van der Waals surface area contributed by atoms with E-state index in [1.807, 2.05) is 31.2 Å². The molecule has 0 aliphatic carbocycles. The van der Waals surface area contributed by atoms with Gasteiger partial charge in [-0.2, -0.15) is 0 Å². The fourth-order valence-corrected chi connectivity index (χ4v) is 4.34. The molecule has 0 saturated carbocycles. The van der Waals surface area contributed by atoms with Crippen LogP contribution in [-0.4, -0.2) is 42.2 Å². The van der Waals surface area contributed by atoms with Gasteiger partial charge in [-0.05, 0) is 30.2 Å². The number of morpholine rings is 1. The summed E-state index contributed by atoms with van der Waals surface area (Å²) in [6.45, 7) is 5.36. The van der Waals surface area contributed by atoms with Crippen LogP contribution < -0.4 is 10.2 Å². The van der Waals surface area contributed by atoms with Crippen LogP contribution in [0.3, 0.4) is 0 Å². The predicted molar refractivity (Wildman–Crippen MR) is 108 cm³/mol. The molecule has 1 aromatic carbocycles. The second kappa shape index (κ2) is 7.80. The molecule has 0 atom stereocenters. The number of aryl methyl sites for hydroxylation is 1. The lowest BCUT2D eigenvalue weighted by Gasteiger charge is -2.28. The van der Waals surface area contributed by atoms with Crippen molar-refractivity contribution in [3.63, 3.8) is 0 Å². The van der Waals surface area contributed by atoms with Gasteiger partial charge in [-0.15, -0.1) is 11.3 Å². The molecule has 0 spiro atoms. The van der Waals surface area contributed by atoms with E-state index in [0.717, 1.165) is 40.3 Å². The van der Waals surface area contributed by atoms with E-state index in [9.17, 15) is 4.79 Å². The monoisotopic (exact) mass is 402 g/mol. The quantitative estimate of drug-likeness (QED) is 0.724. The van der Waals surface area contributed by atoms with Gasteiger partial charge < -0.3 is 15.0 Å². The fourth-order valence-electron chi connectivity index (χ4n) is 3.15. The highest BCUT2D eigenvalue weighted by atomic mass is 35.5. The molecule has 3 aromatic rings. The number of halogens is 1. The molecule has 6 nitrogen and oxygen atoms in total. The molecule has 0 radical (unpaired) electrons. The minimum absolute atomic E-state index is 0.0987. The molecule has 1 N–H and O–H groups in total. The predicted octanol–water partition coefficient (Wildman–Crippen LogP) is 3.42. The molecule has 8 heteroatoms. The summed E-state index contributed by atoms with van der Waals surface area (Å²) in [5.41, 5.74) is 1.92. The number of hydrogen-bond donors (Lipinski definition) is 1. The smallest absolute Gasteiger partial charge is 0.261 e. The Labute approximate surface area is 166 Å². The number of nitrogens with zero attached hydrogens (tertiary/aromatic N) is 3. The molecule has 1 amide bonds. The molecule has 27 heavy (non-hydrogen) atoms. The lowest BCUT2D eigenvalue weighted by Crippen LogP contribution is -2.36. The third kappa shape index (κ3) is 3.76. The van der Waals surface area contributed by atoms with Crippen LogP contribution in [-0.2, 0) is 11.3 Å². The number of carbonyl (C=O) groups is 1. The van der Waals surface area contributed by atoms with Gasteiger partial charge in [-0.1, -0.05) is 23.7 Å². The van der Waals surface area contributed by atoms with E-state index in [1.165, 1.54) is 11.3 Å². The van der Waals surface area contributed by atoms with Crippen molar-refractivity contribution >= 4 is 44.9 Å². The summed E-state index contributed by atoms with van der Waals surface area (Å²) in [7, 11) is 0. The van der Waals surface area contributed by atoms with Crippen LogP contribution in [0.2, 0.25) is 5.02 Å². The van der Waals surface area contributed by atoms with Gasteiger partial charge in [0.1, 0.15) is 17.0 Å². The van der Waals surface area contributed by atoms with E-state index in [1.54, 1.807) is 6.33 Å². The van der Waals surface area contributed by atoms with E-state index in [2.05, 4.69) is 20.2 Å². The summed E-state index contributed by atoms with van der Waals surface area (Å²) in [5.74, 6) is 0.784. The molecular weight excluding hydrogens is 384 g/mol. The van der Waals surface area contributed by atoms with Crippen LogP contribution in [0.15, 0.2) is 30.6 Å². The zero-order valence-electron chi connectivity index (χ0n) is 14.9. The Morgan fingerprint density at radius 3 is 2.74 bits per heavy atom. The molecule has 1 fully saturated rings. The van der Waals surface area contributed by atoms with Crippen LogP contribution in [0.25, 0.3) is 10.2 Å². The normalized spacial score (nSPS) is 14.5. The molecule has 0 bridgehead atoms. The number of fused-ring (bicyclic) bond motifs is 1. The topological polar surface area (TPSA) is 67.4 Å². The Bertz CT molecular complexity index is 968. The van der Waals surface area contributed by atoms with Gasteiger partial charge in [0.2, 0.25) is 0 Å². The Balaban J connectivity index is 1.59. The SMILES string of the molecule is Cc1c(C(=O)NCc2ccc(Cl)cc2)sc2ncnc(N3CCOCC3)c12. The molecule has 3 heterocycles. The number of thiophene rings is 1. The summed E-state index contributed by atoms with van der Waals surface area (Å²) in [5, 5.41) is 4.62. The van der Waals surface area contributed by atoms with Crippen molar-refractivity contribution in [2.75, 3.05) is 31.2 Å². The Kier molecular flexibility index (Phi) is 5.24. The van der Waals surface area contributed by atoms with Gasteiger partial charge in [0, 0.05) is 24.7 Å². The largest absolute Gasteiger partial charge is 0.378 e. The molecule has 1 saturated heterocycles. The van der Waals surface area contributed by atoms with Gasteiger partial charge in [0.25, 0.3) is 5.91 Å². The van der Waals surface area contributed by atoms with Gasteiger partial charge in [-0.25, -0.2) is 9.97 Å². The van der Waals surface area contributed by atoms with Crippen LogP contribution in [0.5, 0.6) is 0 Å². The summed E-state index contributed by atoms with van der Waals surface area (Å²) >= 11 is 7.31. The molecule has 4 rings (SSSR count). The number of nitrogens with one attached hydrogen (secondary N) is 1. The zero-order valence-corrected chi connectivity index (χ0v) is 16.4. The van der Waals surface area contributed by atoms with Crippen molar-refractivity contribution in [2.24, 2.45) is 0 Å². The third-order valence-electron chi connectivity index (χ3n) is 4.59. The summed E-state index contributed by atoms with van der Waals surface area (Å²) in [6.07, 6.45) is 1.57. The van der Waals surface area contributed by atoms with E-state index in [4.69, 9.17) is 16.3 Å². The zero-order chi connectivity index (χ0) is 18.8. The number of amides is 1. The molecule has 0 unspecified atom stereocenters. The number of anilines is 1. The standard InChI is InChI=1S/C19H19ClN4O2S/c1-12-15-17(24-6-8-26-9-7-24)22-11-23-19(15)27-16(12)18(25)21-10-13-2-4-14(20)5-3-13/h2-5,11H,6-10H2,1H3,(H,21,25). The van der Waals surface area contributed by atoms with E-state index in [-0.39, 0.29) is 5.91 Å². The molecule has 1 aliphatic heterocycles. The van der Waals surface area contributed by atoms with Crippen molar-refractivity contribution in [1.29, 1.82) is 0 Å². The Hall–Kier alpha value is -2.22. The lowest BCUT2D eigenvalue weighted by atomic mass is 10.1. The highest BCUT2D eigenvalue weighted by Crippen LogP contribution is 2.35. The number of hydrogen-bond acceptors (Lipinski definition) is 6. The molecule has 2 aromatic heterocycles. The number of carbonyl (C=O) groups excluding carboxylic acids is 1. The third-order valence-corrected chi connectivity index (χ3v) is 6.04. The summed E-state index contributed by atoms with van der Waals surface area (Å²) < 4.78 is 5.43. The Morgan fingerprint density at radius 2 is 2.00 bits per heavy atom. The van der Waals surface area contributed by atoms with Crippen molar-refractivity contribution in [2.45, 2.75) is 13.5 Å². The van der Waals surface area contributed by atoms with Gasteiger partial charge in [0.05, 0.1) is 23.5 Å². The van der Waals surface area contributed by atoms with Crippen LogP contribution in [0.4, 0.5) is 5.82 Å². The summed E-state index contributed by atoms with van der Waals surface area (Å²) in [6, 6.07) is 7.45. The second-order valence-corrected chi connectivity index (χ2v) is 7.78. The first kappa shape index (κ1) is 18.2. The van der Waals surface area contributed by atoms with E-state index >= 15 is 0 Å². The maximum absolute atomic E-state index is 12.8. The minimum atomic E-state index is -0.0987. The van der Waals surface area contributed by atoms with Crippen LogP contribution in [0.1, 0.15) is 20.8 Å². The number of rotatable bonds is 4. The van der Waals surface area contributed by atoms with Crippen molar-refractivity contribution in [3.05, 3.63) is 51.6 Å². The van der Waals surface area contributed by atoms with Crippen LogP contribution >= 0.6 is 22.9 Å². The van der Waals surface area contributed by atoms with E-state index in [0.29, 0.717) is 29.7 Å². The maximum Gasteiger partial charge on any atom is 0.261 e. The van der Waals surface area contributed by atoms with Gasteiger partial charge in [-0.3, -0.25) is 4.79 Å². The van der Waals surface area contributed by atoms with Gasteiger partial charge >= 0.3 is 0 Å². The molecular formula is C19H19ClN4O2S. The van der Waals surface area contributed by atoms with Crippen molar-refractivity contribution in [1.82, 2.24) is 15.3 Å². The first-order valence-corrected chi connectivity index (χ1v) is 9.92. The Morgan fingerprint density at radius 1 is 1.26 bits per heavy atom. The number of ether oxygens (including phenoxy) is 1. The maximum atomic E-state index is 12.8. The fraction of sp³-hybridized carbons (Fsp3) is 0.316. The first-order chi connectivity index (χ1) is 13.1. The first-order valence-electron chi connectivity index (χ1n) is 8.73. The second-order valence-electron chi connectivity index (χ2n) is 6.34. The molecule has 140 valence electrons. The van der Waals surface area contributed by atoms with Crippen LogP contribution in [0, 0.1) is 6.92 Å². The lowest BCUT2D eigenvalue weighted by molar-refractivity contribution is 0.0954. The average molecular weight is 403 g/mol.